The highest BCUT2D eigenvalue weighted by Crippen LogP contribution is 2.15. The van der Waals surface area contributed by atoms with E-state index >= 15 is 0 Å². The molecule has 2 aromatic rings. The molecule has 12 heavy (non-hydrogen) atoms. The lowest BCUT2D eigenvalue weighted by Gasteiger charge is -1.87. The van der Waals surface area contributed by atoms with Crippen LogP contribution in [-0.4, -0.2) is 0 Å². The molecule has 0 saturated heterocycles. The van der Waals surface area contributed by atoms with Gasteiger partial charge in [-0.3, -0.25) is 0 Å². The number of halogens is 1. The van der Waals surface area contributed by atoms with Crippen molar-refractivity contribution in [1.29, 1.82) is 0 Å². The van der Waals surface area contributed by atoms with Crippen molar-refractivity contribution in [2.45, 2.75) is 0 Å². The van der Waals surface area contributed by atoms with Gasteiger partial charge in [0.05, 0.1) is 6.26 Å². The maximum atomic E-state index is 11.6. The van der Waals surface area contributed by atoms with Gasteiger partial charge in [-0.15, -0.1) is 4.39 Å². The van der Waals surface area contributed by atoms with Crippen molar-refractivity contribution >= 4 is 10.8 Å². The molecule has 0 N–H and O–H groups in total. The van der Waals surface area contributed by atoms with Gasteiger partial charge in [0.15, 0.2) is 6.26 Å². The van der Waals surface area contributed by atoms with Crippen molar-refractivity contribution in [3.63, 3.8) is 0 Å². The highest BCUT2D eigenvalue weighted by Gasteiger charge is 1.96. The molecule has 0 bridgehead atoms. The Morgan fingerprint density at radius 2 is 2.33 bits per heavy atom. The molecule has 0 saturated carbocycles. The van der Waals surface area contributed by atoms with Crippen molar-refractivity contribution in [1.82, 2.24) is 0 Å². The summed E-state index contributed by atoms with van der Waals surface area (Å²) in [6.07, 6.45) is 5.58. The van der Waals surface area contributed by atoms with Crippen LogP contribution in [-0.2, 0) is 0 Å². The van der Waals surface area contributed by atoms with Crippen LogP contribution in [0.2, 0.25) is 0 Å². The van der Waals surface area contributed by atoms with Crippen molar-refractivity contribution in [2.24, 2.45) is 0 Å². The van der Waals surface area contributed by atoms with Crippen molar-refractivity contribution in [3.8, 4) is 12.1 Å². The number of fused-ring (bicyclic) bond motifs is 1. The topological polar surface area (TPSA) is 13.1 Å². The van der Waals surface area contributed by atoms with Gasteiger partial charge in [-0.1, -0.05) is 0 Å². The minimum atomic E-state index is 0.627. The molecule has 0 unspecified atom stereocenters. The highest BCUT2D eigenvalue weighted by atomic mass is 19.1. The average molecular weight is 159 g/mol. The van der Waals surface area contributed by atoms with Crippen LogP contribution in [0.5, 0.6) is 0 Å². The fourth-order valence-corrected chi connectivity index (χ4v) is 1.04. The van der Waals surface area contributed by atoms with Crippen LogP contribution in [0.15, 0.2) is 28.9 Å². The molecule has 1 nitrogen and oxygen atoms in total. The molecule has 1 radical (unpaired) electrons. The van der Waals surface area contributed by atoms with Crippen LogP contribution in [0, 0.1) is 18.4 Å². The summed E-state index contributed by atoms with van der Waals surface area (Å²) >= 11 is 0. The van der Waals surface area contributed by atoms with E-state index in [1.807, 2.05) is 6.07 Å². The maximum Gasteiger partial charge on any atom is 0.177 e. The molecule has 0 atom stereocenters. The van der Waals surface area contributed by atoms with E-state index in [1.54, 1.807) is 18.4 Å². The molecule has 0 aliphatic rings. The summed E-state index contributed by atoms with van der Waals surface area (Å²) in [5.74, 6) is 2.31. The minimum absolute atomic E-state index is 0.627. The van der Waals surface area contributed by atoms with Crippen LogP contribution in [0.4, 0.5) is 4.39 Å². The first-order valence-corrected chi connectivity index (χ1v) is 3.41. The van der Waals surface area contributed by atoms with Crippen molar-refractivity contribution in [2.75, 3.05) is 0 Å². The summed E-state index contributed by atoms with van der Waals surface area (Å²) in [5, 5.41) is 1.76. The molecule has 0 amide bonds. The Morgan fingerprint density at radius 3 is 3.17 bits per heavy atom. The molecule has 0 spiro atoms. The summed E-state index contributed by atoms with van der Waals surface area (Å²) in [6, 6.07) is 5.28. The molecule has 0 aliphatic carbocycles. The third kappa shape index (κ3) is 1.06. The lowest BCUT2D eigenvalue weighted by molar-refractivity contribution is 0.563. The average Bonchev–Trinajstić information content (AvgIpc) is 2.51. The number of benzene rings is 1. The Labute approximate surface area is 68.8 Å². The molecular formula is C10H4FO. The Bertz CT molecular complexity index is 459. The van der Waals surface area contributed by atoms with Gasteiger partial charge in [-0.05, 0) is 24.1 Å². The molecular weight excluding hydrogens is 155 g/mol. The molecule has 2 heteroatoms. The Hall–Kier alpha value is -1.75. The van der Waals surface area contributed by atoms with Crippen LogP contribution in [0.25, 0.3) is 10.8 Å². The number of hydrogen-bond acceptors (Lipinski definition) is 1. The van der Waals surface area contributed by atoms with Crippen LogP contribution in [0.3, 0.4) is 0 Å². The maximum absolute atomic E-state index is 11.6. The quantitative estimate of drug-likeness (QED) is 0.538. The standard InChI is InChI=1S/C10H4FO/c11-4-3-8-1-2-9-6-12-7-10(9)5-8/h1-2,5-6H. The van der Waals surface area contributed by atoms with Gasteiger partial charge in [-0.2, -0.15) is 0 Å². The van der Waals surface area contributed by atoms with Crippen LogP contribution < -0.4 is 0 Å². The predicted molar refractivity (Wildman–Crippen MR) is 43.0 cm³/mol. The van der Waals surface area contributed by atoms with Gasteiger partial charge < -0.3 is 4.42 Å². The van der Waals surface area contributed by atoms with E-state index in [4.69, 9.17) is 4.42 Å². The summed E-state index contributed by atoms with van der Waals surface area (Å²) in [7, 11) is 0. The summed E-state index contributed by atoms with van der Waals surface area (Å²) in [5.41, 5.74) is 0.627. The molecule has 2 rings (SSSR count). The fraction of sp³-hybridized carbons (Fsp3) is 0. The summed E-state index contributed by atoms with van der Waals surface area (Å²) in [6.45, 7) is 0. The van der Waals surface area contributed by atoms with E-state index in [0.29, 0.717) is 5.56 Å². The summed E-state index contributed by atoms with van der Waals surface area (Å²) < 4.78 is 16.4. The van der Waals surface area contributed by atoms with E-state index in [1.165, 1.54) is 6.17 Å². The minimum Gasteiger partial charge on any atom is -0.460 e. The Morgan fingerprint density at radius 1 is 1.42 bits per heavy atom. The fourth-order valence-electron chi connectivity index (χ4n) is 1.04. The van der Waals surface area contributed by atoms with E-state index in [9.17, 15) is 4.39 Å². The molecule has 0 aliphatic heterocycles. The van der Waals surface area contributed by atoms with Crippen LogP contribution >= 0.6 is 0 Å². The lowest BCUT2D eigenvalue weighted by Crippen LogP contribution is -1.71. The molecule has 1 aromatic carbocycles. The lowest BCUT2D eigenvalue weighted by atomic mass is 10.1. The number of furan rings is 1. The van der Waals surface area contributed by atoms with E-state index in [-0.39, 0.29) is 0 Å². The number of hydrogen-bond donors (Lipinski definition) is 0. The Balaban J connectivity index is 2.65. The normalized spacial score (nSPS) is 9.42. The zero-order valence-corrected chi connectivity index (χ0v) is 6.10. The van der Waals surface area contributed by atoms with Crippen molar-refractivity contribution in [3.05, 3.63) is 36.3 Å². The van der Waals surface area contributed by atoms with E-state index < -0.39 is 0 Å². The van der Waals surface area contributed by atoms with Crippen LogP contribution in [0.1, 0.15) is 5.56 Å². The first-order chi connectivity index (χ1) is 5.90. The zero-order chi connectivity index (χ0) is 8.39. The molecule has 1 aromatic heterocycles. The van der Waals surface area contributed by atoms with Gasteiger partial charge in [0.25, 0.3) is 0 Å². The SMILES string of the molecule is FC#Cc1ccc2co[c]c2c1. The van der Waals surface area contributed by atoms with Gasteiger partial charge in [0, 0.05) is 16.3 Å². The molecule has 0 fully saturated rings. The first kappa shape index (κ1) is 6.93. The zero-order valence-electron chi connectivity index (χ0n) is 6.10. The molecule has 57 valence electrons. The Kier molecular flexibility index (Phi) is 1.56. The second-order valence-corrected chi connectivity index (χ2v) is 2.36. The van der Waals surface area contributed by atoms with Gasteiger partial charge in [0.1, 0.15) is 6.17 Å². The third-order valence-corrected chi connectivity index (χ3v) is 1.60. The monoisotopic (exact) mass is 159 g/mol. The molecule has 1 heterocycles. The predicted octanol–water partition coefficient (Wildman–Crippen LogP) is 2.51. The highest BCUT2D eigenvalue weighted by molar-refractivity contribution is 5.81. The third-order valence-electron chi connectivity index (χ3n) is 1.60. The summed E-state index contributed by atoms with van der Waals surface area (Å²) in [4.78, 5) is 0. The van der Waals surface area contributed by atoms with E-state index in [0.717, 1.165) is 10.8 Å². The first-order valence-electron chi connectivity index (χ1n) is 3.41. The van der Waals surface area contributed by atoms with Crippen molar-refractivity contribution < 1.29 is 8.81 Å². The second kappa shape index (κ2) is 2.71. The largest absolute Gasteiger partial charge is 0.460 e. The van der Waals surface area contributed by atoms with E-state index in [2.05, 4.69) is 12.2 Å². The van der Waals surface area contributed by atoms with Gasteiger partial charge in [-0.25, -0.2) is 0 Å². The second-order valence-electron chi connectivity index (χ2n) is 2.36. The smallest absolute Gasteiger partial charge is 0.177 e. The van der Waals surface area contributed by atoms with Gasteiger partial charge in [0.2, 0.25) is 0 Å². The van der Waals surface area contributed by atoms with Gasteiger partial charge >= 0.3 is 0 Å². The number of rotatable bonds is 0.